The molecule has 1 atom stereocenters. The number of morpholine rings is 1. The Hall–Kier alpha value is -6.28. The number of carbonyl (C=O) groups is 5. The van der Waals surface area contributed by atoms with E-state index in [-0.39, 0.29) is 41.9 Å². The second-order valence-corrected chi connectivity index (χ2v) is 14.6. The highest BCUT2D eigenvalue weighted by Gasteiger charge is 2.45. The van der Waals surface area contributed by atoms with E-state index in [9.17, 15) is 24.0 Å². The molecule has 14 heteroatoms. The molecular weight excluding hydrogens is 729 g/mol. The largest absolute Gasteiger partial charge is 0.487 e. The zero-order valence-electron chi connectivity index (χ0n) is 32.0. The minimum atomic E-state index is -1.03. The third-order valence-corrected chi connectivity index (χ3v) is 10.5. The van der Waals surface area contributed by atoms with E-state index < -0.39 is 29.7 Å². The first-order valence-corrected chi connectivity index (χ1v) is 19.2. The molecule has 1 unspecified atom stereocenters. The molecule has 0 aliphatic carbocycles. The molecule has 4 aromatic rings. The summed E-state index contributed by atoms with van der Waals surface area (Å²) in [6.07, 6.45) is 0.672. The lowest BCUT2D eigenvalue weighted by molar-refractivity contribution is -0.136. The van der Waals surface area contributed by atoms with Gasteiger partial charge in [-0.25, -0.2) is 4.98 Å². The van der Waals surface area contributed by atoms with Crippen LogP contribution >= 0.6 is 0 Å². The molecule has 2 fully saturated rings. The Morgan fingerprint density at radius 3 is 2.25 bits per heavy atom. The van der Waals surface area contributed by atoms with Crippen LogP contribution in [0.4, 0.5) is 11.5 Å². The van der Waals surface area contributed by atoms with Crippen molar-refractivity contribution in [2.24, 2.45) is 0 Å². The number of pyridine rings is 1. The van der Waals surface area contributed by atoms with Crippen LogP contribution in [0.5, 0.6) is 11.5 Å². The standard InChI is InChI=1S/C43H46N6O8/c1-43(2,28-10-14-31(15-11-28)56-26-30-6-3-9-36(46-30)48-22-24-55-25-23-48)29-12-16-32(17-13-29)57-27-38(51)45-21-5-20-44-34-8-4-7-33-39(34)42(54)49(41(33)53)35-18-19-37(50)47-40(35)52/h3-4,6-17,35,44H,5,18-27H2,1-2H3,(H,45,51)(H,47,50,52). The number of amides is 5. The van der Waals surface area contributed by atoms with Gasteiger partial charge in [-0.2, -0.15) is 0 Å². The molecule has 3 aromatic carbocycles. The van der Waals surface area contributed by atoms with E-state index >= 15 is 0 Å². The maximum absolute atomic E-state index is 13.3. The zero-order chi connectivity index (χ0) is 39.9. The summed E-state index contributed by atoms with van der Waals surface area (Å²) in [4.78, 5) is 70.8. The molecular formula is C43H46N6O8. The molecule has 1 aromatic heterocycles. The van der Waals surface area contributed by atoms with Crippen LogP contribution in [0.2, 0.25) is 0 Å². The molecule has 4 heterocycles. The molecule has 3 aliphatic rings. The summed E-state index contributed by atoms with van der Waals surface area (Å²) in [5, 5.41) is 8.21. The number of carbonyl (C=O) groups excluding carboxylic acids is 5. The first kappa shape index (κ1) is 39.0. The van der Waals surface area contributed by atoms with Crippen molar-refractivity contribution >= 4 is 41.0 Å². The monoisotopic (exact) mass is 774 g/mol. The second kappa shape index (κ2) is 17.2. The normalized spacial score (nSPS) is 16.9. The van der Waals surface area contributed by atoms with Crippen molar-refractivity contribution in [3.8, 4) is 11.5 Å². The van der Waals surface area contributed by atoms with Gasteiger partial charge in [0, 0.05) is 43.7 Å². The second-order valence-electron chi connectivity index (χ2n) is 14.6. The van der Waals surface area contributed by atoms with Crippen molar-refractivity contribution in [3.05, 3.63) is 113 Å². The quantitative estimate of drug-likeness (QED) is 0.117. The molecule has 3 N–H and O–H groups in total. The number of ether oxygens (including phenoxy) is 3. The van der Waals surface area contributed by atoms with Crippen LogP contribution in [-0.2, 0) is 31.1 Å². The van der Waals surface area contributed by atoms with Gasteiger partial charge in [0.1, 0.15) is 30.0 Å². The minimum Gasteiger partial charge on any atom is -0.487 e. The Balaban J connectivity index is 0.833. The SMILES string of the molecule is CC(C)(c1ccc(OCC(=O)NCCCNc2cccc3c2C(=O)N(C2CCC(=O)NC2=O)C3=O)cc1)c1ccc(OCc2cccc(N3CCOCC3)n2)cc1. The number of nitrogens with zero attached hydrogens (tertiary/aromatic N) is 3. The van der Waals surface area contributed by atoms with Crippen LogP contribution in [0.25, 0.3) is 0 Å². The molecule has 296 valence electrons. The van der Waals surface area contributed by atoms with Crippen molar-refractivity contribution < 1.29 is 38.2 Å². The lowest BCUT2D eigenvalue weighted by Crippen LogP contribution is -2.54. The van der Waals surface area contributed by atoms with Gasteiger partial charge in [0.2, 0.25) is 11.8 Å². The Morgan fingerprint density at radius 1 is 0.860 bits per heavy atom. The van der Waals surface area contributed by atoms with Crippen molar-refractivity contribution in [1.29, 1.82) is 0 Å². The summed E-state index contributed by atoms with van der Waals surface area (Å²) in [5.41, 5.74) is 3.63. The summed E-state index contributed by atoms with van der Waals surface area (Å²) in [6.45, 7) is 8.38. The average Bonchev–Trinajstić information content (AvgIpc) is 3.48. The van der Waals surface area contributed by atoms with Crippen molar-refractivity contribution in [1.82, 2.24) is 20.5 Å². The minimum absolute atomic E-state index is 0.0514. The molecule has 5 amide bonds. The fraction of sp³-hybridized carbons (Fsp3) is 0.349. The molecule has 3 aliphatic heterocycles. The molecule has 0 spiro atoms. The van der Waals surface area contributed by atoms with Crippen LogP contribution in [-0.4, -0.2) is 91.5 Å². The number of benzene rings is 3. The summed E-state index contributed by atoms with van der Waals surface area (Å²) in [7, 11) is 0. The van der Waals surface area contributed by atoms with Crippen LogP contribution in [0, 0.1) is 0 Å². The van der Waals surface area contributed by atoms with Crippen molar-refractivity contribution in [3.63, 3.8) is 0 Å². The predicted molar refractivity (Wildman–Crippen MR) is 211 cm³/mol. The molecule has 7 rings (SSSR count). The third kappa shape index (κ3) is 8.91. The van der Waals surface area contributed by atoms with Gasteiger partial charge in [-0.05, 0) is 72.5 Å². The van der Waals surface area contributed by atoms with E-state index in [0.717, 1.165) is 46.4 Å². The Bertz CT molecular complexity index is 2130. The van der Waals surface area contributed by atoms with Crippen LogP contribution in [0.3, 0.4) is 0 Å². The summed E-state index contributed by atoms with van der Waals surface area (Å²) in [5.74, 6) is -0.220. The van der Waals surface area contributed by atoms with E-state index in [1.807, 2.05) is 54.6 Å². The Morgan fingerprint density at radius 2 is 1.54 bits per heavy atom. The number of nitrogens with one attached hydrogen (secondary N) is 3. The van der Waals surface area contributed by atoms with Crippen LogP contribution in [0.1, 0.15) is 70.6 Å². The molecule has 14 nitrogen and oxygen atoms in total. The number of piperidine rings is 1. The first-order valence-electron chi connectivity index (χ1n) is 19.2. The summed E-state index contributed by atoms with van der Waals surface area (Å²) < 4.78 is 17.3. The van der Waals surface area contributed by atoms with Gasteiger partial charge in [-0.1, -0.05) is 50.2 Å². The number of aromatic nitrogens is 1. The maximum atomic E-state index is 13.3. The van der Waals surface area contributed by atoms with Crippen molar-refractivity contribution in [2.45, 2.75) is 51.2 Å². The first-order chi connectivity index (χ1) is 27.6. The molecule has 2 saturated heterocycles. The molecule has 0 bridgehead atoms. The fourth-order valence-corrected chi connectivity index (χ4v) is 7.18. The molecule has 57 heavy (non-hydrogen) atoms. The zero-order valence-corrected chi connectivity index (χ0v) is 32.0. The summed E-state index contributed by atoms with van der Waals surface area (Å²) in [6, 6.07) is 25.7. The maximum Gasteiger partial charge on any atom is 0.264 e. The van der Waals surface area contributed by atoms with E-state index in [4.69, 9.17) is 19.2 Å². The Kier molecular flexibility index (Phi) is 11.8. The lowest BCUT2D eigenvalue weighted by Gasteiger charge is -2.28. The topological polar surface area (TPSA) is 168 Å². The van der Waals surface area contributed by atoms with Gasteiger partial charge in [-0.15, -0.1) is 0 Å². The van der Waals surface area contributed by atoms with Gasteiger partial charge < -0.3 is 29.7 Å². The van der Waals surface area contributed by atoms with Crippen LogP contribution < -0.4 is 30.3 Å². The fourth-order valence-electron chi connectivity index (χ4n) is 7.18. The number of anilines is 2. The molecule has 0 radical (unpaired) electrons. The Labute approximate surface area is 330 Å². The van der Waals surface area contributed by atoms with Crippen molar-refractivity contribution in [2.75, 3.05) is 56.2 Å². The predicted octanol–water partition coefficient (Wildman–Crippen LogP) is 4.22. The van der Waals surface area contributed by atoms with E-state index in [1.165, 1.54) is 0 Å². The lowest BCUT2D eigenvalue weighted by atomic mass is 9.78. The van der Waals surface area contributed by atoms with Gasteiger partial charge >= 0.3 is 0 Å². The number of fused-ring (bicyclic) bond motifs is 1. The highest BCUT2D eigenvalue weighted by Crippen LogP contribution is 2.34. The highest BCUT2D eigenvalue weighted by molar-refractivity contribution is 6.25. The average molecular weight is 775 g/mol. The van der Waals surface area contributed by atoms with Gasteiger partial charge in [0.25, 0.3) is 17.7 Å². The smallest absolute Gasteiger partial charge is 0.264 e. The molecule has 0 saturated carbocycles. The van der Waals surface area contributed by atoms with Gasteiger partial charge in [0.05, 0.1) is 30.0 Å². The van der Waals surface area contributed by atoms with E-state index in [2.05, 4.69) is 46.8 Å². The number of rotatable bonds is 15. The summed E-state index contributed by atoms with van der Waals surface area (Å²) >= 11 is 0. The number of imide groups is 2. The number of hydrogen-bond acceptors (Lipinski definition) is 11. The highest BCUT2D eigenvalue weighted by atomic mass is 16.5. The number of hydrogen-bond donors (Lipinski definition) is 3. The van der Waals surface area contributed by atoms with E-state index in [0.29, 0.717) is 50.8 Å². The van der Waals surface area contributed by atoms with Gasteiger partial charge in [-0.3, -0.25) is 34.2 Å². The van der Waals surface area contributed by atoms with Gasteiger partial charge in [0.15, 0.2) is 6.61 Å². The third-order valence-electron chi connectivity index (χ3n) is 10.5. The van der Waals surface area contributed by atoms with E-state index in [1.54, 1.807) is 18.2 Å². The van der Waals surface area contributed by atoms with Crippen LogP contribution in [0.15, 0.2) is 84.9 Å².